The van der Waals surface area contributed by atoms with Crippen molar-refractivity contribution in [3.8, 4) is 5.75 Å². The van der Waals surface area contributed by atoms with Crippen LogP contribution < -0.4 is 10.1 Å². The zero-order valence-corrected chi connectivity index (χ0v) is 12.0. The minimum atomic E-state index is 0.105. The van der Waals surface area contributed by atoms with E-state index in [9.17, 15) is 0 Å². The van der Waals surface area contributed by atoms with Gasteiger partial charge in [0.2, 0.25) is 0 Å². The summed E-state index contributed by atoms with van der Waals surface area (Å²) in [5.74, 6) is 0.650. The number of hydrogen-bond acceptors (Lipinski definition) is 2. The van der Waals surface area contributed by atoms with Crippen LogP contribution in [-0.2, 0) is 0 Å². The van der Waals surface area contributed by atoms with E-state index in [2.05, 4.69) is 26.1 Å². The van der Waals surface area contributed by atoms with E-state index in [0.29, 0.717) is 21.8 Å². The van der Waals surface area contributed by atoms with E-state index >= 15 is 0 Å². The van der Waals surface area contributed by atoms with Crippen molar-refractivity contribution in [3.05, 3.63) is 28.2 Å². The van der Waals surface area contributed by atoms with Gasteiger partial charge in [-0.1, -0.05) is 50.0 Å². The van der Waals surface area contributed by atoms with Gasteiger partial charge in [-0.25, -0.2) is 0 Å². The lowest BCUT2D eigenvalue weighted by molar-refractivity contribution is 0.190. The van der Waals surface area contributed by atoms with Crippen LogP contribution in [0.2, 0.25) is 10.0 Å². The third-order valence-corrected chi connectivity index (χ3v) is 3.22. The summed E-state index contributed by atoms with van der Waals surface area (Å²) in [7, 11) is 0. The second kappa shape index (κ2) is 7.10. The molecule has 0 fully saturated rings. The standard InChI is InChI=1S/C13H19Cl2NO/c1-4-10(8-16-9(2)3)17-12-7-5-6-11(14)13(12)15/h5-7,9-10,16H,4,8H2,1-3H3. The van der Waals surface area contributed by atoms with Crippen LogP contribution in [0.15, 0.2) is 18.2 Å². The molecule has 0 heterocycles. The summed E-state index contributed by atoms with van der Waals surface area (Å²) in [5, 5.41) is 4.36. The molecule has 0 aliphatic heterocycles. The first kappa shape index (κ1) is 14.6. The summed E-state index contributed by atoms with van der Waals surface area (Å²) in [6.45, 7) is 7.11. The molecule has 0 bridgehead atoms. The molecule has 1 unspecified atom stereocenters. The molecule has 0 saturated carbocycles. The topological polar surface area (TPSA) is 21.3 Å². The van der Waals surface area contributed by atoms with E-state index in [4.69, 9.17) is 27.9 Å². The van der Waals surface area contributed by atoms with Crippen LogP contribution in [0.3, 0.4) is 0 Å². The molecule has 0 saturated heterocycles. The SMILES string of the molecule is CCC(CNC(C)C)Oc1cccc(Cl)c1Cl. The van der Waals surface area contributed by atoms with Gasteiger partial charge in [0.1, 0.15) is 16.9 Å². The highest BCUT2D eigenvalue weighted by Gasteiger charge is 2.12. The Bertz CT molecular complexity index is 355. The average Bonchev–Trinajstić information content (AvgIpc) is 2.29. The highest BCUT2D eigenvalue weighted by atomic mass is 35.5. The fourth-order valence-corrected chi connectivity index (χ4v) is 1.73. The van der Waals surface area contributed by atoms with E-state index in [1.807, 2.05) is 12.1 Å². The van der Waals surface area contributed by atoms with Crippen LogP contribution in [0.4, 0.5) is 0 Å². The Balaban J connectivity index is 2.64. The molecule has 96 valence electrons. The first-order valence-electron chi connectivity index (χ1n) is 5.88. The van der Waals surface area contributed by atoms with Gasteiger partial charge in [0.15, 0.2) is 0 Å². The molecule has 1 N–H and O–H groups in total. The lowest BCUT2D eigenvalue weighted by atomic mass is 10.2. The minimum absolute atomic E-state index is 0.105. The fourth-order valence-electron chi connectivity index (χ4n) is 1.39. The van der Waals surface area contributed by atoms with Crippen molar-refractivity contribution in [2.45, 2.75) is 39.3 Å². The van der Waals surface area contributed by atoms with Gasteiger partial charge in [-0.3, -0.25) is 0 Å². The summed E-state index contributed by atoms with van der Waals surface area (Å²) in [5.41, 5.74) is 0. The van der Waals surface area contributed by atoms with Gasteiger partial charge in [0, 0.05) is 12.6 Å². The van der Waals surface area contributed by atoms with Crippen LogP contribution >= 0.6 is 23.2 Å². The molecule has 17 heavy (non-hydrogen) atoms. The maximum atomic E-state index is 6.08. The number of ether oxygens (including phenoxy) is 1. The van der Waals surface area contributed by atoms with Crippen molar-refractivity contribution < 1.29 is 4.74 Å². The largest absolute Gasteiger partial charge is 0.487 e. The molecule has 0 amide bonds. The summed E-state index contributed by atoms with van der Waals surface area (Å²) in [6, 6.07) is 5.88. The Morgan fingerprint density at radius 1 is 1.29 bits per heavy atom. The molecule has 0 aliphatic rings. The van der Waals surface area contributed by atoms with Crippen LogP contribution in [-0.4, -0.2) is 18.7 Å². The smallest absolute Gasteiger partial charge is 0.139 e. The molecule has 1 atom stereocenters. The third kappa shape index (κ3) is 4.74. The Hall–Kier alpha value is -0.440. The van der Waals surface area contributed by atoms with Crippen LogP contribution in [0, 0.1) is 0 Å². The average molecular weight is 276 g/mol. The van der Waals surface area contributed by atoms with E-state index in [-0.39, 0.29) is 6.10 Å². The van der Waals surface area contributed by atoms with Gasteiger partial charge in [-0.15, -0.1) is 0 Å². The predicted octanol–water partition coefficient (Wildman–Crippen LogP) is 4.15. The van der Waals surface area contributed by atoms with Gasteiger partial charge in [-0.05, 0) is 18.6 Å². The number of hydrogen-bond donors (Lipinski definition) is 1. The normalized spacial score (nSPS) is 12.8. The third-order valence-electron chi connectivity index (χ3n) is 2.42. The predicted molar refractivity (Wildman–Crippen MR) is 74.3 cm³/mol. The van der Waals surface area contributed by atoms with Gasteiger partial charge in [-0.2, -0.15) is 0 Å². The van der Waals surface area contributed by atoms with Gasteiger partial charge in [0.05, 0.1) is 5.02 Å². The summed E-state index contributed by atoms with van der Waals surface area (Å²) in [4.78, 5) is 0. The Morgan fingerprint density at radius 2 is 2.00 bits per heavy atom. The lowest BCUT2D eigenvalue weighted by Crippen LogP contribution is -2.34. The maximum absolute atomic E-state index is 6.08. The highest BCUT2D eigenvalue weighted by Crippen LogP contribution is 2.32. The molecular formula is C13H19Cl2NO. The van der Waals surface area contributed by atoms with Gasteiger partial charge >= 0.3 is 0 Å². The molecule has 1 aromatic carbocycles. The first-order valence-corrected chi connectivity index (χ1v) is 6.64. The first-order chi connectivity index (χ1) is 8.04. The number of benzene rings is 1. The Labute approximate surface area is 113 Å². The van der Waals surface area contributed by atoms with Crippen molar-refractivity contribution in [1.82, 2.24) is 5.32 Å². The Morgan fingerprint density at radius 3 is 2.59 bits per heavy atom. The molecule has 0 spiro atoms. The fraction of sp³-hybridized carbons (Fsp3) is 0.538. The van der Waals surface area contributed by atoms with Crippen molar-refractivity contribution in [1.29, 1.82) is 0 Å². The second-order valence-corrected chi connectivity index (χ2v) is 5.05. The van der Waals surface area contributed by atoms with Crippen LogP contribution in [0.1, 0.15) is 27.2 Å². The molecule has 4 heteroatoms. The summed E-state index contributed by atoms with van der Waals surface area (Å²) in [6.07, 6.45) is 1.02. The number of rotatable bonds is 6. The zero-order valence-electron chi connectivity index (χ0n) is 10.5. The van der Waals surface area contributed by atoms with E-state index in [1.165, 1.54) is 0 Å². The molecule has 0 aliphatic carbocycles. The molecular weight excluding hydrogens is 257 g/mol. The summed E-state index contributed by atoms with van der Waals surface area (Å²) < 4.78 is 5.85. The molecule has 1 rings (SSSR count). The van der Waals surface area contributed by atoms with E-state index < -0.39 is 0 Å². The van der Waals surface area contributed by atoms with Crippen molar-refractivity contribution in [2.75, 3.05) is 6.54 Å². The lowest BCUT2D eigenvalue weighted by Gasteiger charge is -2.20. The molecule has 1 aromatic rings. The van der Waals surface area contributed by atoms with Crippen LogP contribution in [0.25, 0.3) is 0 Å². The van der Waals surface area contributed by atoms with Gasteiger partial charge in [0.25, 0.3) is 0 Å². The molecule has 2 nitrogen and oxygen atoms in total. The van der Waals surface area contributed by atoms with E-state index in [0.717, 1.165) is 13.0 Å². The Kier molecular flexibility index (Phi) is 6.10. The number of halogens is 2. The highest BCUT2D eigenvalue weighted by molar-refractivity contribution is 6.42. The quantitative estimate of drug-likeness (QED) is 0.842. The number of nitrogens with one attached hydrogen (secondary N) is 1. The second-order valence-electron chi connectivity index (χ2n) is 4.26. The van der Waals surface area contributed by atoms with Gasteiger partial charge < -0.3 is 10.1 Å². The maximum Gasteiger partial charge on any atom is 0.139 e. The van der Waals surface area contributed by atoms with Crippen LogP contribution in [0.5, 0.6) is 5.75 Å². The van der Waals surface area contributed by atoms with Crippen molar-refractivity contribution in [2.24, 2.45) is 0 Å². The van der Waals surface area contributed by atoms with E-state index in [1.54, 1.807) is 6.07 Å². The summed E-state index contributed by atoms with van der Waals surface area (Å²) >= 11 is 12.0. The molecule has 0 aromatic heterocycles. The minimum Gasteiger partial charge on any atom is -0.487 e. The van der Waals surface area contributed by atoms with Crippen molar-refractivity contribution in [3.63, 3.8) is 0 Å². The molecule has 0 radical (unpaired) electrons. The zero-order chi connectivity index (χ0) is 12.8. The van der Waals surface area contributed by atoms with Crippen molar-refractivity contribution >= 4 is 23.2 Å². The monoisotopic (exact) mass is 275 g/mol.